The van der Waals surface area contributed by atoms with Crippen molar-refractivity contribution in [3.63, 3.8) is 0 Å². The lowest BCUT2D eigenvalue weighted by Gasteiger charge is -2.20. The Morgan fingerprint density at radius 1 is 1.23 bits per heavy atom. The molecule has 0 bridgehead atoms. The second-order valence-corrected chi connectivity index (χ2v) is 7.24. The van der Waals surface area contributed by atoms with Crippen LogP contribution < -0.4 is 15.4 Å². The molecule has 9 heteroatoms. The largest absolute Gasteiger partial charge is 0.497 e. The maximum absolute atomic E-state index is 12.7. The van der Waals surface area contributed by atoms with E-state index < -0.39 is 17.5 Å². The summed E-state index contributed by atoms with van der Waals surface area (Å²) in [5.74, 6) is 5.77. The molecule has 1 aromatic carbocycles. The second-order valence-electron chi connectivity index (χ2n) is 7.24. The van der Waals surface area contributed by atoms with Crippen LogP contribution in [0.25, 0.3) is 21.8 Å². The fourth-order valence-corrected chi connectivity index (χ4v) is 3.65. The maximum atomic E-state index is 12.7. The van der Waals surface area contributed by atoms with Gasteiger partial charge in [0.25, 0.3) is 5.91 Å². The summed E-state index contributed by atoms with van der Waals surface area (Å²) >= 11 is 0. The minimum Gasteiger partial charge on any atom is -0.497 e. The van der Waals surface area contributed by atoms with E-state index in [1.165, 1.54) is 11.7 Å². The van der Waals surface area contributed by atoms with E-state index >= 15 is 0 Å². The van der Waals surface area contributed by atoms with Crippen molar-refractivity contribution >= 4 is 33.7 Å². The highest BCUT2D eigenvalue weighted by atomic mass is 16.5. The highest BCUT2D eigenvalue weighted by Gasteiger charge is 2.46. The Kier molecular flexibility index (Phi) is 4.08. The standard InChI is InChI=1S/C22H17N5O4/c1-31-16-3-2-15-11-27(19(28)17(15)9-16)12-22(20(29)25-21(30)26-22)6-4-13-8-14-5-7-23-18(14)24-10-13/h2-3,5,7-11,28H,12H2,1H3,(H,23,24)(H2,25,26,29,30)/t22-/m1/s1. The number of benzene rings is 1. The fourth-order valence-electron chi connectivity index (χ4n) is 3.65. The average molecular weight is 415 g/mol. The van der Waals surface area contributed by atoms with Crippen LogP contribution in [-0.4, -0.2) is 44.2 Å². The number of carbonyl (C=O) groups excluding carboxylic acids is 2. The summed E-state index contributed by atoms with van der Waals surface area (Å²) in [6.07, 6.45) is 5.05. The molecule has 5 rings (SSSR count). The van der Waals surface area contributed by atoms with Crippen molar-refractivity contribution in [2.24, 2.45) is 0 Å². The maximum Gasteiger partial charge on any atom is 0.323 e. The van der Waals surface area contributed by atoms with E-state index in [0.29, 0.717) is 16.7 Å². The van der Waals surface area contributed by atoms with Gasteiger partial charge in [-0.2, -0.15) is 0 Å². The summed E-state index contributed by atoms with van der Waals surface area (Å²) in [6.45, 7) is -0.0831. The predicted molar refractivity (Wildman–Crippen MR) is 113 cm³/mol. The first kappa shape index (κ1) is 18.6. The van der Waals surface area contributed by atoms with Gasteiger partial charge in [-0.3, -0.25) is 10.1 Å². The topological polar surface area (TPSA) is 121 Å². The third-order valence-electron chi connectivity index (χ3n) is 5.24. The number of hydrogen-bond acceptors (Lipinski definition) is 5. The van der Waals surface area contributed by atoms with E-state index in [1.54, 1.807) is 36.8 Å². The minimum atomic E-state index is -1.55. The number of nitrogens with one attached hydrogen (secondary N) is 3. The fraction of sp³-hybridized carbons (Fsp3) is 0.136. The first-order valence-corrected chi connectivity index (χ1v) is 9.43. The van der Waals surface area contributed by atoms with E-state index in [-0.39, 0.29) is 12.4 Å². The Morgan fingerprint density at radius 2 is 2.10 bits per heavy atom. The molecule has 1 atom stereocenters. The van der Waals surface area contributed by atoms with Gasteiger partial charge in [0.2, 0.25) is 5.54 Å². The average Bonchev–Trinajstić information content (AvgIpc) is 3.43. The summed E-state index contributed by atoms with van der Waals surface area (Å²) in [7, 11) is 1.54. The van der Waals surface area contributed by atoms with Crippen molar-refractivity contribution in [1.82, 2.24) is 25.2 Å². The molecule has 0 unspecified atom stereocenters. The molecule has 4 aromatic rings. The van der Waals surface area contributed by atoms with Crippen molar-refractivity contribution < 1.29 is 19.4 Å². The van der Waals surface area contributed by atoms with Crippen LogP contribution in [0, 0.1) is 11.8 Å². The monoisotopic (exact) mass is 415 g/mol. The first-order valence-electron chi connectivity index (χ1n) is 9.43. The second kappa shape index (κ2) is 6.81. The molecule has 1 aliphatic rings. The van der Waals surface area contributed by atoms with Gasteiger partial charge in [0.1, 0.15) is 11.4 Å². The van der Waals surface area contributed by atoms with Crippen molar-refractivity contribution in [1.29, 1.82) is 0 Å². The lowest BCUT2D eigenvalue weighted by Crippen LogP contribution is -2.49. The number of fused-ring (bicyclic) bond motifs is 2. The third-order valence-corrected chi connectivity index (χ3v) is 5.24. The van der Waals surface area contributed by atoms with Gasteiger partial charge < -0.3 is 24.7 Å². The Hall–Kier alpha value is -4.45. The quantitative estimate of drug-likeness (QED) is 0.301. The molecule has 154 valence electrons. The van der Waals surface area contributed by atoms with Gasteiger partial charge in [-0.1, -0.05) is 11.8 Å². The summed E-state index contributed by atoms with van der Waals surface area (Å²) in [5.41, 5.74) is -0.237. The number of imide groups is 1. The van der Waals surface area contributed by atoms with E-state index in [9.17, 15) is 14.7 Å². The molecule has 3 amide bonds. The van der Waals surface area contributed by atoms with Crippen LogP contribution in [0.3, 0.4) is 0 Å². The molecular weight excluding hydrogens is 398 g/mol. The Bertz CT molecular complexity index is 1420. The van der Waals surface area contributed by atoms with Gasteiger partial charge in [0.05, 0.1) is 13.7 Å². The highest BCUT2D eigenvalue weighted by Crippen LogP contribution is 2.32. The summed E-state index contributed by atoms with van der Waals surface area (Å²) in [4.78, 5) is 31.9. The van der Waals surface area contributed by atoms with E-state index in [1.807, 2.05) is 12.1 Å². The first-order chi connectivity index (χ1) is 15.0. The summed E-state index contributed by atoms with van der Waals surface area (Å²) in [6, 6.07) is 8.33. The van der Waals surface area contributed by atoms with E-state index in [0.717, 1.165) is 16.4 Å². The number of carbonyl (C=O) groups is 2. The molecular formula is C22H17N5O4. The van der Waals surface area contributed by atoms with Gasteiger partial charge in [-0.15, -0.1) is 0 Å². The zero-order valence-electron chi connectivity index (χ0n) is 16.4. The number of urea groups is 1. The SMILES string of the molecule is COc1ccc2cn(C[C@@]3(C#Cc4cnc5[nH]ccc5c4)NC(=O)NC3=O)c(O)c2c1. The number of aromatic amines is 1. The normalized spacial score (nSPS) is 18.0. The Morgan fingerprint density at radius 3 is 2.87 bits per heavy atom. The number of aromatic nitrogens is 3. The zero-order chi connectivity index (χ0) is 21.6. The smallest absolute Gasteiger partial charge is 0.323 e. The van der Waals surface area contributed by atoms with Crippen LogP contribution in [0.5, 0.6) is 11.6 Å². The van der Waals surface area contributed by atoms with Crippen molar-refractivity contribution in [3.05, 3.63) is 54.5 Å². The molecule has 1 saturated heterocycles. The predicted octanol–water partition coefficient (Wildman–Crippen LogP) is 1.86. The number of aromatic hydroxyl groups is 1. The third kappa shape index (κ3) is 3.11. The number of methoxy groups -OCH3 is 1. The molecule has 9 nitrogen and oxygen atoms in total. The van der Waals surface area contributed by atoms with Crippen molar-refractivity contribution in [2.45, 2.75) is 12.1 Å². The number of amides is 3. The number of rotatable bonds is 3. The number of ether oxygens (including phenoxy) is 1. The van der Waals surface area contributed by atoms with Gasteiger partial charge >= 0.3 is 6.03 Å². The number of nitrogens with zero attached hydrogens (tertiary/aromatic N) is 2. The van der Waals surface area contributed by atoms with Crippen molar-refractivity contribution in [3.8, 4) is 23.5 Å². The molecule has 4 heterocycles. The number of hydrogen-bond donors (Lipinski definition) is 4. The Balaban J connectivity index is 1.56. The van der Waals surface area contributed by atoms with Gasteiger partial charge in [0.15, 0.2) is 5.88 Å². The molecule has 0 spiro atoms. The molecule has 1 fully saturated rings. The zero-order valence-corrected chi connectivity index (χ0v) is 16.4. The lowest BCUT2D eigenvalue weighted by molar-refractivity contribution is -0.122. The summed E-state index contributed by atoms with van der Waals surface area (Å²) in [5, 5.41) is 17.8. The number of H-pyrrole nitrogens is 1. The van der Waals surface area contributed by atoms with Crippen LogP contribution in [0.1, 0.15) is 5.56 Å². The van der Waals surface area contributed by atoms with Crippen LogP contribution in [0.15, 0.2) is 48.9 Å². The van der Waals surface area contributed by atoms with Gasteiger partial charge in [0, 0.05) is 40.3 Å². The molecule has 1 aliphatic heterocycles. The molecule has 0 aliphatic carbocycles. The lowest BCUT2D eigenvalue weighted by atomic mass is 10.00. The molecule has 3 aromatic heterocycles. The molecule has 31 heavy (non-hydrogen) atoms. The van der Waals surface area contributed by atoms with Gasteiger partial charge in [-0.25, -0.2) is 9.78 Å². The van der Waals surface area contributed by atoms with E-state index in [2.05, 4.69) is 32.4 Å². The van der Waals surface area contributed by atoms with E-state index in [4.69, 9.17) is 4.74 Å². The van der Waals surface area contributed by atoms with Crippen LogP contribution in [-0.2, 0) is 11.3 Å². The molecule has 0 radical (unpaired) electrons. The highest BCUT2D eigenvalue weighted by molar-refractivity contribution is 6.09. The van der Waals surface area contributed by atoms with Crippen LogP contribution in [0.2, 0.25) is 0 Å². The molecule has 0 saturated carbocycles. The summed E-state index contributed by atoms with van der Waals surface area (Å²) < 4.78 is 6.69. The van der Waals surface area contributed by atoms with Crippen molar-refractivity contribution in [2.75, 3.05) is 7.11 Å². The van der Waals surface area contributed by atoms with Crippen LogP contribution in [0.4, 0.5) is 4.79 Å². The van der Waals surface area contributed by atoms with Crippen LogP contribution >= 0.6 is 0 Å². The molecule has 4 N–H and O–H groups in total. The Labute approximate surface area is 176 Å². The number of pyridine rings is 1. The van der Waals surface area contributed by atoms with Gasteiger partial charge in [-0.05, 0) is 30.3 Å². The minimum absolute atomic E-state index is 0.0561.